The molecule has 3 aromatic rings. The third kappa shape index (κ3) is 5.40. The molecule has 1 aromatic heterocycles. The van der Waals surface area contributed by atoms with Gasteiger partial charge in [0.2, 0.25) is 0 Å². The summed E-state index contributed by atoms with van der Waals surface area (Å²) in [5.41, 5.74) is 12.2. The Hall–Kier alpha value is -3.19. The molecule has 2 fully saturated rings. The van der Waals surface area contributed by atoms with Gasteiger partial charge >= 0.3 is 0 Å². The summed E-state index contributed by atoms with van der Waals surface area (Å²) in [7, 11) is -1.07. The fraction of sp³-hybridized carbons (Fsp3) is 0.357. The number of nitrogens with one attached hydrogen (secondary N) is 1. The summed E-state index contributed by atoms with van der Waals surface area (Å²) in [6.07, 6.45) is 10.5. The van der Waals surface area contributed by atoms with Crippen LogP contribution in [0.2, 0.25) is 0 Å². The third-order valence-corrected chi connectivity index (χ3v) is 8.32. The van der Waals surface area contributed by atoms with Gasteiger partial charge in [-0.3, -0.25) is 4.79 Å². The summed E-state index contributed by atoms with van der Waals surface area (Å²) in [6.45, 7) is 1.91. The molecule has 0 saturated heterocycles. The van der Waals surface area contributed by atoms with Crippen LogP contribution in [0.25, 0.3) is 22.3 Å². The molecule has 2 saturated carbocycles. The van der Waals surface area contributed by atoms with E-state index >= 15 is 0 Å². The van der Waals surface area contributed by atoms with E-state index in [4.69, 9.17) is 10.5 Å². The lowest BCUT2D eigenvalue weighted by atomic mass is 9.96. The van der Waals surface area contributed by atoms with Gasteiger partial charge in [-0.1, -0.05) is 24.6 Å². The van der Waals surface area contributed by atoms with Crippen LogP contribution < -0.4 is 15.2 Å². The van der Waals surface area contributed by atoms with Crippen molar-refractivity contribution in [3.05, 3.63) is 59.8 Å². The van der Waals surface area contributed by atoms with Crippen LogP contribution in [-0.4, -0.2) is 26.8 Å². The lowest BCUT2D eigenvalue weighted by Gasteiger charge is -2.25. The summed E-state index contributed by atoms with van der Waals surface area (Å²) in [5, 5.41) is 0.246. The van der Waals surface area contributed by atoms with Gasteiger partial charge in [-0.05, 0) is 74.8 Å². The Morgan fingerprint density at radius 1 is 1.00 bits per heavy atom. The highest BCUT2D eigenvalue weighted by molar-refractivity contribution is 7.87. The molecule has 0 amide bonds. The third-order valence-electron chi connectivity index (χ3n) is 6.81. The zero-order valence-corrected chi connectivity index (χ0v) is 20.8. The molecule has 6 nitrogen and oxygen atoms in total. The molecule has 1 unspecified atom stereocenters. The summed E-state index contributed by atoms with van der Waals surface area (Å²) in [5.74, 6) is 1.19. The monoisotopic (exact) mass is 489 g/mol. The van der Waals surface area contributed by atoms with E-state index in [-0.39, 0.29) is 11.4 Å². The number of aryl methyl sites for hydroxylation is 1. The van der Waals surface area contributed by atoms with E-state index < -0.39 is 11.0 Å². The minimum atomic E-state index is -1.07. The summed E-state index contributed by atoms with van der Waals surface area (Å²) in [6, 6.07) is 13.6. The molecule has 2 aromatic carbocycles. The largest absolute Gasteiger partial charge is 0.490 e. The standard InChI is InChI=1S/C28H31N3O3S/c1-18-13-19(7-8-20(18)17-32)26-14-21(16-30-28(26)29)25-12-9-22(31-35(33)24-10-11-24)15-27(25)34-23-5-3-2-4-6-23/h7-9,12-17,23-24,31H,2-6,10-11H2,1H3,(H2,29,30). The quantitative estimate of drug-likeness (QED) is 0.375. The van der Waals surface area contributed by atoms with Crippen molar-refractivity contribution in [3.63, 3.8) is 0 Å². The molecule has 0 aliphatic heterocycles. The SMILES string of the molecule is Cc1cc(-c2cc(-c3ccc(NS(=O)C4CC4)cc3OC3CCCCC3)cnc2N)ccc1C=O. The first kappa shape index (κ1) is 23.5. The van der Waals surface area contributed by atoms with Crippen LogP contribution in [-0.2, 0) is 11.0 Å². The molecule has 1 atom stereocenters. The van der Waals surface area contributed by atoms with Gasteiger partial charge in [0, 0.05) is 40.2 Å². The number of ether oxygens (including phenoxy) is 1. The fourth-order valence-corrected chi connectivity index (χ4v) is 5.69. The molecule has 35 heavy (non-hydrogen) atoms. The number of nitrogens with two attached hydrogens (primary N) is 1. The molecule has 182 valence electrons. The first-order valence-electron chi connectivity index (χ1n) is 12.3. The van der Waals surface area contributed by atoms with Crippen molar-refractivity contribution < 1.29 is 13.7 Å². The highest BCUT2D eigenvalue weighted by Gasteiger charge is 2.29. The summed E-state index contributed by atoms with van der Waals surface area (Å²) in [4.78, 5) is 15.7. The van der Waals surface area contributed by atoms with Crippen LogP contribution in [0.3, 0.4) is 0 Å². The molecule has 0 spiro atoms. The molecular weight excluding hydrogens is 458 g/mol. The van der Waals surface area contributed by atoms with Gasteiger partial charge in [0.05, 0.1) is 11.4 Å². The smallest absolute Gasteiger partial charge is 0.150 e. The molecular formula is C28H31N3O3S. The van der Waals surface area contributed by atoms with Crippen molar-refractivity contribution in [2.75, 3.05) is 10.5 Å². The summed E-state index contributed by atoms with van der Waals surface area (Å²) < 4.78 is 22.1. The van der Waals surface area contributed by atoms with E-state index in [0.29, 0.717) is 11.4 Å². The fourth-order valence-electron chi connectivity index (χ4n) is 4.60. The maximum Gasteiger partial charge on any atom is 0.150 e. The number of rotatable bonds is 8. The van der Waals surface area contributed by atoms with Gasteiger partial charge in [-0.15, -0.1) is 0 Å². The second kappa shape index (κ2) is 10.2. The maximum absolute atomic E-state index is 12.5. The molecule has 0 bridgehead atoms. The summed E-state index contributed by atoms with van der Waals surface area (Å²) >= 11 is 0. The zero-order chi connectivity index (χ0) is 24.4. The number of hydrogen-bond donors (Lipinski definition) is 2. The van der Waals surface area contributed by atoms with E-state index in [1.54, 1.807) is 6.20 Å². The number of carbonyl (C=O) groups excluding carboxylic acids is 1. The maximum atomic E-state index is 12.5. The first-order chi connectivity index (χ1) is 17.0. The topological polar surface area (TPSA) is 94.3 Å². The van der Waals surface area contributed by atoms with E-state index in [9.17, 15) is 9.00 Å². The van der Waals surface area contributed by atoms with Crippen LogP contribution in [0.4, 0.5) is 11.5 Å². The Balaban J connectivity index is 1.51. The van der Waals surface area contributed by atoms with Gasteiger partial charge in [0.1, 0.15) is 28.8 Å². The van der Waals surface area contributed by atoms with Crippen molar-refractivity contribution in [1.29, 1.82) is 0 Å². The van der Waals surface area contributed by atoms with E-state index in [0.717, 1.165) is 71.2 Å². The minimum Gasteiger partial charge on any atom is -0.490 e. The Labute approximate surface area is 208 Å². The molecule has 2 aliphatic rings. The lowest BCUT2D eigenvalue weighted by Crippen LogP contribution is -2.20. The van der Waals surface area contributed by atoms with Crippen LogP contribution in [0.5, 0.6) is 5.75 Å². The lowest BCUT2D eigenvalue weighted by molar-refractivity contribution is 0.112. The normalized spacial score (nSPS) is 17.1. The van der Waals surface area contributed by atoms with Crippen molar-refractivity contribution in [2.45, 2.75) is 63.2 Å². The predicted octanol–water partition coefficient (Wildman–Crippen LogP) is 6.07. The second-order valence-corrected chi connectivity index (χ2v) is 11.0. The van der Waals surface area contributed by atoms with Gasteiger partial charge in [0.25, 0.3) is 0 Å². The van der Waals surface area contributed by atoms with E-state index in [1.165, 1.54) is 19.3 Å². The average molecular weight is 490 g/mol. The highest BCUT2D eigenvalue weighted by atomic mass is 32.2. The van der Waals surface area contributed by atoms with Crippen molar-refractivity contribution >= 4 is 28.8 Å². The van der Waals surface area contributed by atoms with Crippen LogP contribution in [0.15, 0.2) is 48.7 Å². The van der Waals surface area contributed by atoms with Gasteiger partial charge in [-0.25, -0.2) is 9.19 Å². The van der Waals surface area contributed by atoms with E-state index in [2.05, 4.69) is 9.71 Å². The molecule has 3 N–H and O–H groups in total. The van der Waals surface area contributed by atoms with E-state index in [1.807, 2.05) is 49.4 Å². The van der Waals surface area contributed by atoms with Crippen molar-refractivity contribution in [2.24, 2.45) is 0 Å². The van der Waals surface area contributed by atoms with Gasteiger partial charge in [-0.2, -0.15) is 0 Å². The predicted molar refractivity (Wildman–Crippen MR) is 142 cm³/mol. The number of carbonyl (C=O) groups is 1. The number of nitrogen functional groups attached to an aromatic ring is 1. The molecule has 1 heterocycles. The number of anilines is 2. The molecule has 0 radical (unpaired) electrons. The van der Waals surface area contributed by atoms with Crippen LogP contribution in [0, 0.1) is 6.92 Å². The number of pyridine rings is 1. The molecule has 5 rings (SSSR count). The van der Waals surface area contributed by atoms with Crippen LogP contribution >= 0.6 is 0 Å². The number of nitrogens with zero attached hydrogens (tertiary/aromatic N) is 1. The van der Waals surface area contributed by atoms with Crippen molar-refractivity contribution in [3.8, 4) is 28.0 Å². The molecule has 2 aliphatic carbocycles. The highest BCUT2D eigenvalue weighted by Crippen LogP contribution is 2.38. The Kier molecular flexibility index (Phi) is 6.86. The Morgan fingerprint density at radius 3 is 2.51 bits per heavy atom. The number of aldehydes is 1. The number of aromatic nitrogens is 1. The molecule has 7 heteroatoms. The minimum absolute atomic E-state index is 0.173. The average Bonchev–Trinajstić information content (AvgIpc) is 3.71. The first-order valence-corrected chi connectivity index (χ1v) is 13.5. The number of benzene rings is 2. The van der Waals surface area contributed by atoms with Gasteiger partial charge in [0.15, 0.2) is 0 Å². The van der Waals surface area contributed by atoms with Crippen molar-refractivity contribution in [1.82, 2.24) is 4.98 Å². The second-order valence-electron chi connectivity index (χ2n) is 9.53. The Bertz CT molecular complexity index is 1270. The Morgan fingerprint density at radius 2 is 1.80 bits per heavy atom. The number of hydrogen-bond acceptors (Lipinski definition) is 5. The van der Waals surface area contributed by atoms with Crippen LogP contribution in [0.1, 0.15) is 60.9 Å². The van der Waals surface area contributed by atoms with Gasteiger partial charge < -0.3 is 15.2 Å². The zero-order valence-electron chi connectivity index (χ0n) is 20.0.